The molecule has 0 radical (unpaired) electrons. The van der Waals surface area contributed by atoms with Crippen LogP contribution in [0.2, 0.25) is 5.02 Å². The number of pyridine rings is 1. The molecule has 0 saturated carbocycles. The van der Waals surface area contributed by atoms with Crippen LogP contribution in [0.5, 0.6) is 0 Å². The first-order valence-corrected chi connectivity index (χ1v) is 9.92. The molecule has 0 atom stereocenters. The first-order valence-electron chi connectivity index (χ1n) is 8.75. The van der Waals surface area contributed by atoms with Crippen LogP contribution in [0.25, 0.3) is 16.7 Å². The van der Waals surface area contributed by atoms with E-state index in [0.717, 1.165) is 15.1 Å². The molecular weight excluding hydrogens is 456 g/mol. The minimum absolute atomic E-state index is 0.251. The van der Waals surface area contributed by atoms with Crippen LogP contribution in [0.3, 0.4) is 0 Å². The van der Waals surface area contributed by atoms with Crippen molar-refractivity contribution in [2.24, 2.45) is 0 Å². The third kappa shape index (κ3) is 2.62. The third-order valence-electron chi connectivity index (χ3n) is 4.89. The Morgan fingerprint density at radius 3 is 2.45 bits per heavy atom. The molecule has 0 fully saturated rings. The summed E-state index contributed by atoms with van der Waals surface area (Å²) >= 11 is 9.66. The number of rotatable bonds is 2. The fourth-order valence-corrected chi connectivity index (χ4v) is 4.06. The Balaban J connectivity index is 1.73. The summed E-state index contributed by atoms with van der Waals surface area (Å²) in [6.07, 6.45) is 1.44. The van der Waals surface area contributed by atoms with E-state index in [1.807, 2.05) is 24.3 Å². The molecule has 4 aromatic rings. The molecule has 8 heteroatoms. The van der Waals surface area contributed by atoms with Crippen LogP contribution in [0.15, 0.2) is 59.2 Å². The summed E-state index contributed by atoms with van der Waals surface area (Å²) in [4.78, 5) is 31.9. The van der Waals surface area contributed by atoms with Gasteiger partial charge in [0.15, 0.2) is 5.65 Å². The van der Waals surface area contributed by atoms with Crippen LogP contribution in [0, 0.1) is 6.92 Å². The molecule has 1 aliphatic rings. The van der Waals surface area contributed by atoms with Gasteiger partial charge in [0.2, 0.25) is 0 Å². The maximum atomic E-state index is 13.3. The van der Waals surface area contributed by atoms with E-state index in [1.165, 1.54) is 6.20 Å². The second-order valence-corrected chi connectivity index (χ2v) is 7.94. The molecule has 2 aromatic heterocycles. The van der Waals surface area contributed by atoms with Gasteiger partial charge in [-0.25, -0.2) is 14.6 Å². The van der Waals surface area contributed by atoms with Crippen molar-refractivity contribution >= 4 is 56.1 Å². The molecule has 6 nitrogen and oxygen atoms in total. The van der Waals surface area contributed by atoms with Crippen LogP contribution in [0.4, 0.5) is 5.69 Å². The van der Waals surface area contributed by atoms with E-state index >= 15 is 0 Å². The van der Waals surface area contributed by atoms with E-state index in [-0.39, 0.29) is 5.56 Å². The summed E-state index contributed by atoms with van der Waals surface area (Å²) in [6, 6.07) is 14.4. The summed E-state index contributed by atoms with van der Waals surface area (Å²) in [6.45, 7) is 1.80. The van der Waals surface area contributed by atoms with E-state index in [0.29, 0.717) is 33.0 Å². The second kappa shape index (κ2) is 6.50. The van der Waals surface area contributed by atoms with E-state index in [1.54, 1.807) is 35.9 Å². The number of anilines is 1. The van der Waals surface area contributed by atoms with Crippen molar-refractivity contribution in [1.29, 1.82) is 0 Å². The second-order valence-electron chi connectivity index (χ2n) is 6.62. The summed E-state index contributed by atoms with van der Waals surface area (Å²) in [5.74, 6) is -0.868. The summed E-state index contributed by atoms with van der Waals surface area (Å²) in [7, 11) is 0. The molecule has 0 bridgehead atoms. The van der Waals surface area contributed by atoms with Gasteiger partial charge in [0, 0.05) is 10.7 Å². The van der Waals surface area contributed by atoms with Crippen LogP contribution in [-0.2, 0) is 0 Å². The molecule has 0 N–H and O–H groups in total. The van der Waals surface area contributed by atoms with Crippen molar-refractivity contribution in [2.45, 2.75) is 6.92 Å². The number of nitrogens with zero attached hydrogens (tertiary/aromatic N) is 4. The van der Waals surface area contributed by atoms with Crippen molar-refractivity contribution in [3.63, 3.8) is 0 Å². The van der Waals surface area contributed by atoms with Crippen molar-refractivity contribution < 1.29 is 9.59 Å². The summed E-state index contributed by atoms with van der Waals surface area (Å²) in [5.41, 5.74) is 2.85. The number of halogens is 2. The average molecular weight is 468 g/mol. The predicted molar refractivity (Wildman–Crippen MR) is 114 cm³/mol. The van der Waals surface area contributed by atoms with Gasteiger partial charge in [-0.2, -0.15) is 5.10 Å². The lowest BCUT2D eigenvalue weighted by atomic mass is 10.1. The van der Waals surface area contributed by atoms with Crippen molar-refractivity contribution in [2.75, 3.05) is 4.90 Å². The largest absolute Gasteiger partial charge is 0.268 e. The number of amides is 2. The maximum Gasteiger partial charge on any atom is 0.267 e. The molecule has 0 aliphatic carbocycles. The standard InChI is InChI=1S/C21H12BrClN4O2/c1-11-17-18-14(20(28)26(21(18)29)16-5-3-2-4-15(16)23)10-24-19(17)27(25-11)13-8-6-12(22)7-9-13/h2-10H,1H3. The topological polar surface area (TPSA) is 68.1 Å². The highest BCUT2D eigenvalue weighted by atomic mass is 79.9. The maximum absolute atomic E-state index is 13.3. The molecule has 2 amide bonds. The highest BCUT2D eigenvalue weighted by Gasteiger charge is 2.40. The van der Waals surface area contributed by atoms with Gasteiger partial charge >= 0.3 is 0 Å². The number of aromatic nitrogens is 3. The lowest BCUT2D eigenvalue weighted by molar-refractivity contribution is 0.0926. The first-order chi connectivity index (χ1) is 14.0. The zero-order chi connectivity index (χ0) is 20.3. The van der Waals surface area contributed by atoms with Crippen molar-refractivity contribution in [3.8, 4) is 5.69 Å². The molecule has 0 saturated heterocycles. The summed E-state index contributed by atoms with van der Waals surface area (Å²) < 4.78 is 2.62. The number of imide groups is 1. The fraction of sp³-hybridized carbons (Fsp3) is 0.0476. The highest BCUT2D eigenvalue weighted by molar-refractivity contribution is 9.10. The lowest BCUT2D eigenvalue weighted by Gasteiger charge is -2.15. The normalized spacial score (nSPS) is 13.4. The zero-order valence-corrected chi connectivity index (χ0v) is 17.4. The molecule has 142 valence electrons. The van der Waals surface area contributed by atoms with Crippen molar-refractivity contribution in [3.05, 3.63) is 81.0 Å². The minimum Gasteiger partial charge on any atom is -0.268 e. The molecule has 2 aromatic carbocycles. The number of aryl methyl sites for hydroxylation is 1. The van der Waals surface area contributed by atoms with Gasteiger partial charge in [0.05, 0.1) is 38.6 Å². The quantitative estimate of drug-likeness (QED) is 0.391. The first kappa shape index (κ1) is 18.0. The van der Waals surface area contributed by atoms with Gasteiger partial charge in [-0.3, -0.25) is 9.59 Å². The Kier molecular flexibility index (Phi) is 4.04. The Bertz CT molecular complexity index is 1330. The lowest BCUT2D eigenvalue weighted by Crippen LogP contribution is -2.29. The van der Waals surface area contributed by atoms with Gasteiger partial charge in [0.1, 0.15) is 0 Å². The van der Waals surface area contributed by atoms with Crippen molar-refractivity contribution in [1.82, 2.24) is 14.8 Å². The monoisotopic (exact) mass is 466 g/mol. The highest BCUT2D eigenvalue weighted by Crippen LogP contribution is 2.37. The average Bonchev–Trinajstić information content (AvgIpc) is 3.18. The number of hydrogen-bond acceptors (Lipinski definition) is 4. The molecule has 3 heterocycles. The zero-order valence-electron chi connectivity index (χ0n) is 15.1. The van der Waals surface area contributed by atoms with Crippen LogP contribution in [0.1, 0.15) is 26.4 Å². The van der Waals surface area contributed by atoms with Gasteiger partial charge < -0.3 is 0 Å². The predicted octanol–water partition coefficient (Wildman–Crippen LogP) is 4.95. The smallest absolute Gasteiger partial charge is 0.267 e. The van der Waals surface area contributed by atoms with Gasteiger partial charge in [-0.1, -0.05) is 39.7 Å². The van der Waals surface area contributed by atoms with Gasteiger partial charge in [-0.15, -0.1) is 0 Å². The number of para-hydroxylation sites is 1. The van der Waals surface area contributed by atoms with Gasteiger partial charge in [0.25, 0.3) is 11.8 Å². The Morgan fingerprint density at radius 1 is 1.00 bits per heavy atom. The van der Waals surface area contributed by atoms with Crippen LogP contribution < -0.4 is 4.90 Å². The fourth-order valence-electron chi connectivity index (χ4n) is 3.57. The van der Waals surface area contributed by atoms with E-state index in [4.69, 9.17) is 11.6 Å². The Morgan fingerprint density at radius 2 is 1.72 bits per heavy atom. The summed E-state index contributed by atoms with van der Waals surface area (Å²) in [5, 5.41) is 5.47. The number of hydrogen-bond donors (Lipinski definition) is 0. The number of benzene rings is 2. The Hall–Kier alpha value is -3.03. The van der Waals surface area contributed by atoms with Crippen LogP contribution >= 0.6 is 27.5 Å². The number of carbonyl (C=O) groups excluding carboxylic acids is 2. The Labute approximate surface area is 178 Å². The SMILES string of the molecule is Cc1nn(-c2ccc(Br)cc2)c2ncc3c(c12)C(=O)N(c1ccccc1Cl)C3=O. The van der Waals surface area contributed by atoms with E-state index in [9.17, 15) is 9.59 Å². The molecular formula is C21H12BrClN4O2. The molecule has 0 unspecified atom stereocenters. The molecule has 29 heavy (non-hydrogen) atoms. The minimum atomic E-state index is -0.441. The van der Waals surface area contributed by atoms with E-state index in [2.05, 4.69) is 26.0 Å². The molecule has 5 rings (SSSR count). The third-order valence-corrected chi connectivity index (χ3v) is 5.73. The molecule has 0 spiro atoms. The number of fused-ring (bicyclic) bond motifs is 3. The molecule has 1 aliphatic heterocycles. The van der Waals surface area contributed by atoms with E-state index < -0.39 is 11.8 Å². The van der Waals surface area contributed by atoms with Crippen LogP contribution in [-0.4, -0.2) is 26.6 Å². The van der Waals surface area contributed by atoms with Gasteiger partial charge in [-0.05, 0) is 43.3 Å². The number of carbonyl (C=O) groups is 2.